The van der Waals surface area contributed by atoms with E-state index in [1.165, 1.54) is 12.1 Å². The van der Waals surface area contributed by atoms with Gasteiger partial charge in [0.15, 0.2) is 0 Å². The van der Waals surface area contributed by atoms with Crippen LogP contribution in [0.4, 0.5) is 8.78 Å². The molecule has 0 unspecified atom stereocenters. The van der Waals surface area contributed by atoms with Crippen molar-refractivity contribution in [3.05, 3.63) is 35.8 Å². The molecule has 1 atom stereocenters. The van der Waals surface area contributed by atoms with Crippen molar-refractivity contribution in [1.29, 1.82) is 0 Å². The van der Waals surface area contributed by atoms with E-state index in [0.29, 0.717) is 6.54 Å². The summed E-state index contributed by atoms with van der Waals surface area (Å²) in [6, 6.07) is 4.84. The minimum Gasteiger partial charge on any atom is -0.361 e. The summed E-state index contributed by atoms with van der Waals surface area (Å²) < 4.78 is 26.7. The number of hydrogen-bond acceptors (Lipinski definition) is 1. The minimum absolute atomic E-state index is 0.136. The summed E-state index contributed by atoms with van der Waals surface area (Å²) in [5, 5.41) is 4.05. The van der Waals surface area contributed by atoms with Crippen LogP contribution >= 0.6 is 0 Å². The fourth-order valence-corrected chi connectivity index (χ4v) is 2.14. The van der Waals surface area contributed by atoms with Crippen LogP contribution in [0.1, 0.15) is 26.3 Å². The van der Waals surface area contributed by atoms with Crippen molar-refractivity contribution in [2.45, 2.75) is 38.9 Å². The summed E-state index contributed by atoms with van der Waals surface area (Å²) in [6.07, 6.45) is 2.63. The highest BCUT2D eigenvalue weighted by Gasteiger charge is 2.17. The molecule has 0 amide bonds. The zero-order valence-electron chi connectivity index (χ0n) is 11.6. The Kier molecular flexibility index (Phi) is 3.90. The zero-order chi connectivity index (χ0) is 14.0. The number of rotatable bonds is 5. The van der Waals surface area contributed by atoms with Crippen molar-refractivity contribution in [3.63, 3.8) is 0 Å². The third-order valence-electron chi connectivity index (χ3n) is 3.13. The number of benzene rings is 1. The van der Waals surface area contributed by atoms with Crippen molar-refractivity contribution in [2.24, 2.45) is 0 Å². The number of aromatic amines is 1. The monoisotopic (exact) mass is 266 g/mol. The number of alkyl halides is 1. The number of hydrogen-bond donors (Lipinski definition) is 2. The van der Waals surface area contributed by atoms with Gasteiger partial charge in [0.1, 0.15) is 11.5 Å². The van der Waals surface area contributed by atoms with Gasteiger partial charge in [-0.15, -0.1) is 0 Å². The van der Waals surface area contributed by atoms with E-state index in [1.807, 2.05) is 13.1 Å². The number of H-pyrrole nitrogens is 1. The second-order valence-electron chi connectivity index (χ2n) is 5.71. The Morgan fingerprint density at radius 2 is 2.11 bits per heavy atom. The Labute approximate surface area is 112 Å². The first-order chi connectivity index (χ1) is 8.85. The maximum absolute atomic E-state index is 13.4. The smallest absolute Gasteiger partial charge is 0.123 e. The highest BCUT2D eigenvalue weighted by atomic mass is 19.1. The molecular weight excluding hydrogens is 246 g/mol. The molecule has 1 aromatic carbocycles. The summed E-state index contributed by atoms with van der Waals surface area (Å²) in [6.45, 7) is 5.41. The van der Waals surface area contributed by atoms with Gasteiger partial charge in [0, 0.05) is 29.7 Å². The second kappa shape index (κ2) is 5.29. The van der Waals surface area contributed by atoms with Gasteiger partial charge in [0.25, 0.3) is 0 Å². The van der Waals surface area contributed by atoms with E-state index in [2.05, 4.69) is 10.3 Å². The molecule has 0 bridgehead atoms. The highest BCUT2D eigenvalue weighted by molar-refractivity contribution is 5.83. The van der Waals surface area contributed by atoms with E-state index in [9.17, 15) is 8.78 Å². The molecule has 0 saturated heterocycles. The molecule has 1 aromatic heterocycles. The molecule has 104 valence electrons. The Bertz CT molecular complexity index is 555. The number of halogens is 2. The van der Waals surface area contributed by atoms with Gasteiger partial charge in [-0.05, 0) is 51.0 Å². The number of fused-ring (bicyclic) bond motifs is 1. The highest BCUT2D eigenvalue weighted by Crippen LogP contribution is 2.20. The van der Waals surface area contributed by atoms with Crippen LogP contribution in [0.5, 0.6) is 0 Å². The van der Waals surface area contributed by atoms with E-state index in [0.717, 1.165) is 22.9 Å². The molecule has 1 heterocycles. The lowest BCUT2D eigenvalue weighted by Gasteiger charge is -2.19. The van der Waals surface area contributed by atoms with E-state index < -0.39 is 5.67 Å². The predicted octanol–water partition coefficient (Wildman–Crippen LogP) is 3.58. The summed E-state index contributed by atoms with van der Waals surface area (Å²) in [7, 11) is 0. The molecule has 0 aliphatic heterocycles. The van der Waals surface area contributed by atoms with Crippen LogP contribution in [0.2, 0.25) is 0 Å². The molecular formula is C15H20F2N2. The first-order valence-electron chi connectivity index (χ1n) is 6.53. The molecule has 0 fully saturated rings. The van der Waals surface area contributed by atoms with Crippen LogP contribution < -0.4 is 5.32 Å². The van der Waals surface area contributed by atoms with Gasteiger partial charge in [-0.1, -0.05) is 0 Å². The van der Waals surface area contributed by atoms with E-state index >= 15 is 0 Å². The van der Waals surface area contributed by atoms with Crippen LogP contribution in [-0.4, -0.2) is 23.2 Å². The largest absolute Gasteiger partial charge is 0.361 e. The molecule has 2 rings (SSSR count). The predicted molar refractivity (Wildman–Crippen MR) is 74.6 cm³/mol. The Hall–Kier alpha value is -1.42. The zero-order valence-corrected chi connectivity index (χ0v) is 11.6. The van der Waals surface area contributed by atoms with Crippen molar-refractivity contribution in [2.75, 3.05) is 6.54 Å². The molecule has 0 radical (unpaired) electrons. The first-order valence-corrected chi connectivity index (χ1v) is 6.53. The standard InChI is InChI=1S/C15H20F2N2/c1-10(19-9-15(2,3)17)6-11-8-18-14-5-4-12(16)7-13(11)14/h4-5,7-8,10,18-19H,6,9H2,1-3H3/t10-/m1/s1. The van der Waals surface area contributed by atoms with Gasteiger partial charge >= 0.3 is 0 Å². The van der Waals surface area contributed by atoms with E-state index in [4.69, 9.17) is 0 Å². The molecule has 2 aromatic rings. The molecule has 0 spiro atoms. The second-order valence-corrected chi connectivity index (χ2v) is 5.71. The average molecular weight is 266 g/mol. The Balaban J connectivity index is 2.06. The van der Waals surface area contributed by atoms with Gasteiger partial charge < -0.3 is 10.3 Å². The molecule has 4 heteroatoms. The van der Waals surface area contributed by atoms with E-state index in [1.54, 1.807) is 19.9 Å². The topological polar surface area (TPSA) is 27.8 Å². The Morgan fingerprint density at radius 3 is 2.79 bits per heavy atom. The van der Waals surface area contributed by atoms with Crippen LogP contribution in [0.15, 0.2) is 24.4 Å². The average Bonchev–Trinajstić information content (AvgIpc) is 2.68. The van der Waals surface area contributed by atoms with Gasteiger partial charge in [-0.3, -0.25) is 0 Å². The van der Waals surface area contributed by atoms with Crippen molar-refractivity contribution < 1.29 is 8.78 Å². The quantitative estimate of drug-likeness (QED) is 0.850. The van der Waals surface area contributed by atoms with Crippen LogP contribution in [0.3, 0.4) is 0 Å². The fourth-order valence-electron chi connectivity index (χ4n) is 2.14. The lowest BCUT2D eigenvalue weighted by atomic mass is 10.0. The maximum atomic E-state index is 13.4. The molecule has 2 nitrogen and oxygen atoms in total. The summed E-state index contributed by atoms with van der Waals surface area (Å²) in [4.78, 5) is 3.12. The fraction of sp³-hybridized carbons (Fsp3) is 0.467. The minimum atomic E-state index is -1.22. The van der Waals surface area contributed by atoms with E-state index in [-0.39, 0.29) is 11.9 Å². The Morgan fingerprint density at radius 1 is 1.37 bits per heavy atom. The lowest BCUT2D eigenvalue weighted by Crippen LogP contribution is -2.37. The molecule has 0 aliphatic rings. The van der Waals surface area contributed by atoms with Crippen LogP contribution in [-0.2, 0) is 6.42 Å². The summed E-state index contributed by atoms with van der Waals surface area (Å²) >= 11 is 0. The van der Waals surface area contributed by atoms with Gasteiger partial charge in [0.2, 0.25) is 0 Å². The summed E-state index contributed by atoms with van der Waals surface area (Å²) in [5.41, 5.74) is 0.751. The van der Waals surface area contributed by atoms with Gasteiger partial charge in [-0.25, -0.2) is 8.78 Å². The van der Waals surface area contributed by atoms with Gasteiger partial charge in [-0.2, -0.15) is 0 Å². The number of aromatic nitrogens is 1. The lowest BCUT2D eigenvalue weighted by molar-refractivity contribution is 0.204. The molecule has 2 N–H and O–H groups in total. The molecule has 19 heavy (non-hydrogen) atoms. The van der Waals surface area contributed by atoms with Crippen LogP contribution in [0, 0.1) is 5.82 Å². The SMILES string of the molecule is C[C@H](Cc1c[nH]c2ccc(F)cc12)NCC(C)(C)F. The maximum Gasteiger partial charge on any atom is 0.123 e. The third-order valence-corrected chi connectivity index (χ3v) is 3.13. The van der Waals surface area contributed by atoms with Crippen molar-refractivity contribution in [3.8, 4) is 0 Å². The number of nitrogens with one attached hydrogen (secondary N) is 2. The first kappa shape index (κ1) is 14.0. The third kappa shape index (κ3) is 3.77. The normalized spacial score (nSPS) is 13.9. The molecule has 0 saturated carbocycles. The van der Waals surface area contributed by atoms with Crippen molar-refractivity contribution >= 4 is 10.9 Å². The van der Waals surface area contributed by atoms with Gasteiger partial charge in [0.05, 0.1) is 0 Å². The molecule has 0 aliphatic carbocycles. The summed E-state index contributed by atoms with van der Waals surface area (Å²) in [5.74, 6) is -0.237. The van der Waals surface area contributed by atoms with Crippen molar-refractivity contribution in [1.82, 2.24) is 10.3 Å². The van der Waals surface area contributed by atoms with Crippen LogP contribution in [0.25, 0.3) is 10.9 Å².